The summed E-state index contributed by atoms with van der Waals surface area (Å²) in [5.41, 5.74) is 7.36. The molecule has 5 nitrogen and oxygen atoms in total. The second kappa shape index (κ2) is 4.85. The fraction of sp³-hybridized carbons (Fsp3) is 0.364. The summed E-state index contributed by atoms with van der Waals surface area (Å²) in [5, 5.41) is 0. The van der Waals surface area contributed by atoms with Crippen molar-refractivity contribution in [3.8, 4) is 11.4 Å². The highest BCUT2D eigenvalue weighted by Gasteiger charge is 2.12. The van der Waals surface area contributed by atoms with E-state index in [1.807, 2.05) is 0 Å². The first-order valence-electron chi connectivity index (χ1n) is 5.36. The van der Waals surface area contributed by atoms with Gasteiger partial charge in [0.05, 0.1) is 18.1 Å². The van der Waals surface area contributed by atoms with Crippen LogP contribution >= 0.6 is 0 Å². The quantitative estimate of drug-likeness (QED) is 0.809. The van der Waals surface area contributed by atoms with Crippen LogP contribution in [-0.4, -0.2) is 26.5 Å². The number of hydrogen-bond donors (Lipinski definition) is 2. The number of hydrogen-bond acceptors (Lipinski definition) is 4. The van der Waals surface area contributed by atoms with E-state index >= 15 is 0 Å². The zero-order chi connectivity index (χ0) is 11.4. The molecular formula is C11H15N5. The molecule has 0 spiro atoms. The third-order valence-electron chi connectivity index (χ3n) is 2.60. The van der Waals surface area contributed by atoms with E-state index in [-0.39, 0.29) is 5.92 Å². The highest BCUT2D eigenvalue weighted by molar-refractivity contribution is 5.51. The Labute approximate surface area is 94.2 Å². The van der Waals surface area contributed by atoms with Crippen LogP contribution in [0.1, 0.15) is 25.1 Å². The number of H-pyrrole nitrogens is 1. The Kier molecular flexibility index (Phi) is 3.26. The highest BCUT2D eigenvalue weighted by atomic mass is 14.9. The minimum Gasteiger partial charge on any atom is -0.340 e. The molecular weight excluding hydrogens is 202 g/mol. The van der Waals surface area contributed by atoms with Crippen molar-refractivity contribution >= 4 is 0 Å². The van der Waals surface area contributed by atoms with E-state index in [0.717, 1.165) is 23.6 Å². The van der Waals surface area contributed by atoms with Crippen LogP contribution in [0.2, 0.25) is 0 Å². The fourth-order valence-electron chi connectivity index (χ4n) is 1.58. The summed E-state index contributed by atoms with van der Waals surface area (Å²) in [6, 6.07) is 0. The van der Waals surface area contributed by atoms with Crippen molar-refractivity contribution in [2.24, 2.45) is 5.73 Å². The summed E-state index contributed by atoms with van der Waals surface area (Å²) in [7, 11) is 0. The summed E-state index contributed by atoms with van der Waals surface area (Å²) < 4.78 is 0. The van der Waals surface area contributed by atoms with Gasteiger partial charge < -0.3 is 10.7 Å². The lowest BCUT2D eigenvalue weighted by Crippen LogP contribution is -2.12. The van der Waals surface area contributed by atoms with Crippen LogP contribution in [0, 0.1) is 0 Å². The van der Waals surface area contributed by atoms with E-state index < -0.39 is 0 Å². The average Bonchev–Trinajstić information content (AvgIpc) is 2.81. The molecule has 84 valence electrons. The van der Waals surface area contributed by atoms with E-state index in [0.29, 0.717) is 6.54 Å². The van der Waals surface area contributed by atoms with Crippen LogP contribution in [0.4, 0.5) is 0 Å². The Morgan fingerprint density at radius 3 is 2.81 bits per heavy atom. The first-order valence-corrected chi connectivity index (χ1v) is 5.36. The van der Waals surface area contributed by atoms with Gasteiger partial charge in [-0.15, -0.1) is 0 Å². The number of rotatable bonds is 4. The van der Waals surface area contributed by atoms with Crippen LogP contribution in [0.3, 0.4) is 0 Å². The maximum Gasteiger partial charge on any atom is 0.110 e. The van der Waals surface area contributed by atoms with Gasteiger partial charge in [0.2, 0.25) is 0 Å². The molecule has 0 aromatic carbocycles. The maximum atomic E-state index is 5.68. The lowest BCUT2D eigenvalue weighted by Gasteiger charge is -2.07. The molecule has 16 heavy (non-hydrogen) atoms. The predicted molar refractivity (Wildman–Crippen MR) is 61.7 cm³/mol. The van der Waals surface area contributed by atoms with Gasteiger partial charge in [0.25, 0.3) is 0 Å². The molecule has 0 saturated heterocycles. The van der Waals surface area contributed by atoms with Crippen LogP contribution in [-0.2, 0) is 0 Å². The van der Waals surface area contributed by atoms with Gasteiger partial charge in [-0.1, -0.05) is 6.92 Å². The molecule has 2 aromatic heterocycles. The topological polar surface area (TPSA) is 80.5 Å². The van der Waals surface area contributed by atoms with Gasteiger partial charge in [-0.2, -0.15) is 0 Å². The zero-order valence-electron chi connectivity index (χ0n) is 9.22. The monoisotopic (exact) mass is 217 g/mol. The molecule has 0 aliphatic rings. The summed E-state index contributed by atoms with van der Waals surface area (Å²) >= 11 is 0. The second-order valence-electron chi connectivity index (χ2n) is 3.61. The van der Waals surface area contributed by atoms with Crippen LogP contribution in [0.15, 0.2) is 24.8 Å². The largest absolute Gasteiger partial charge is 0.340 e. The van der Waals surface area contributed by atoms with Gasteiger partial charge >= 0.3 is 0 Å². The summed E-state index contributed by atoms with van der Waals surface area (Å²) in [6.45, 7) is 2.70. The first-order chi connectivity index (χ1) is 7.85. The smallest absolute Gasteiger partial charge is 0.110 e. The van der Waals surface area contributed by atoms with Crippen molar-refractivity contribution in [3.05, 3.63) is 30.6 Å². The Morgan fingerprint density at radius 2 is 2.19 bits per heavy atom. The van der Waals surface area contributed by atoms with Crippen molar-refractivity contribution in [2.45, 2.75) is 19.3 Å². The molecule has 5 heteroatoms. The predicted octanol–water partition coefficient (Wildman–Crippen LogP) is 1.32. The number of nitrogens with two attached hydrogens (primary N) is 1. The van der Waals surface area contributed by atoms with Crippen LogP contribution in [0.25, 0.3) is 11.4 Å². The van der Waals surface area contributed by atoms with E-state index in [1.54, 1.807) is 24.8 Å². The van der Waals surface area contributed by atoms with E-state index in [4.69, 9.17) is 5.73 Å². The van der Waals surface area contributed by atoms with Gasteiger partial charge in [-0.25, -0.2) is 4.98 Å². The molecule has 0 saturated carbocycles. The molecule has 0 radical (unpaired) electrons. The zero-order valence-corrected chi connectivity index (χ0v) is 9.22. The Morgan fingerprint density at radius 1 is 1.31 bits per heavy atom. The van der Waals surface area contributed by atoms with Crippen molar-refractivity contribution in [2.75, 3.05) is 6.54 Å². The number of aromatic amines is 1. The third-order valence-corrected chi connectivity index (χ3v) is 2.60. The Balaban J connectivity index is 2.26. The average molecular weight is 217 g/mol. The van der Waals surface area contributed by atoms with Crippen LogP contribution < -0.4 is 5.73 Å². The standard InChI is InChI=1S/C11H15N5/c1-2-8(5-12)11-15-7-10(16-11)9-6-13-3-4-14-9/h3-4,6-8H,2,5,12H2,1H3,(H,15,16). The fourth-order valence-corrected chi connectivity index (χ4v) is 1.58. The lowest BCUT2D eigenvalue weighted by atomic mass is 10.1. The Hall–Kier alpha value is -1.75. The number of nitrogens with zero attached hydrogens (tertiary/aromatic N) is 3. The van der Waals surface area contributed by atoms with Crippen molar-refractivity contribution in [3.63, 3.8) is 0 Å². The third kappa shape index (κ3) is 2.09. The van der Waals surface area contributed by atoms with Crippen molar-refractivity contribution < 1.29 is 0 Å². The highest BCUT2D eigenvalue weighted by Crippen LogP contribution is 2.18. The summed E-state index contributed by atoms with van der Waals surface area (Å²) in [4.78, 5) is 15.8. The molecule has 0 amide bonds. The number of aromatic nitrogens is 4. The number of imidazole rings is 1. The molecule has 0 aliphatic heterocycles. The molecule has 3 N–H and O–H groups in total. The van der Waals surface area contributed by atoms with E-state index in [1.165, 1.54) is 0 Å². The molecule has 2 aromatic rings. The molecule has 0 bridgehead atoms. The van der Waals surface area contributed by atoms with Crippen LogP contribution in [0.5, 0.6) is 0 Å². The molecule has 1 unspecified atom stereocenters. The van der Waals surface area contributed by atoms with Crippen molar-refractivity contribution in [1.29, 1.82) is 0 Å². The molecule has 0 aliphatic carbocycles. The van der Waals surface area contributed by atoms with Gasteiger partial charge in [0.1, 0.15) is 11.5 Å². The van der Waals surface area contributed by atoms with E-state index in [9.17, 15) is 0 Å². The minimum absolute atomic E-state index is 0.283. The van der Waals surface area contributed by atoms with Gasteiger partial charge in [-0.3, -0.25) is 9.97 Å². The second-order valence-corrected chi connectivity index (χ2v) is 3.61. The lowest BCUT2D eigenvalue weighted by molar-refractivity contribution is 0.639. The normalized spacial score (nSPS) is 12.6. The molecule has 0 fully saturated rings. The van der Waals surface area contributed by atoms with Crippen molar-refractivity contribution in [1.82, 2.24) is 19.9 Å². The summed E-state index contributed by atoms with van der Waals surface area (Å²) in [6.07, 6.45) is 7.77. The minimum atomic E-state index is 0.283. The first kappa shape index (κ1) is 10.8. The summed E-state index contributed by atoms with van der Waals surface area (Å²) in [5.74, 6) is 1.20. The SMILES string of the molecule is CCC(CN)c1ncc(-c2cnccn2)[nH]1. The molecule has 1 atom stereocenters. The van der Waals surface area contributed by atoms with Gasteiger partial charge in [0, 0.05) is 24.9 Å². The Bertz CT molecular complexity index is 433. The molecule has 2 heterocycles. The maximum absolute atomic E-state index is 5.68. The van der Waals surface area contributed by atoms with Gasteiger partial charge in [-0.05, 0) is 6.42 Å². The van der Waals surface area contributed by atoms with Gasteiger partial charge in [0.15, 0.2) is 0 Å². The van der Waals surface area contributed by atoms with E-state index in [2.05, 4.69) is 26.9 Å². The number of nitrogens with one attached hydrogen (secondary N) is 1. The molecule has 2 rings (SSSR count).